The van der Waals surface area contributed by atoms with E-state index in [1.165, 1.54) is 13.0 Å². The van der Waals surface area contributed by atoms with E-state index in [9.17, 15) is 17.6 Å². The molecule has 0 bridgehead atoms. The zero-order valence-electron chi connectivity index (χ0n) is 9.85. The molecule has 5 heteroatoms. The Bertz CT molecular complexity index is 625. The number of alkyl halides is 1. The van der Waals surface area contributed by atoms with E-state index in [-0.39, 0.29) is 16.7 Å². The first-order valence-corrected chi connectivity index (χ1v) is 6.37. The van der Waals surface area contributed by atoms with Crippen LogP contribution >= 0.6 is 15.9 Å². The molecule has 19 heavy (non-hydrogen) atoms. The van der Waals surface area contributed by atoms with Gasteiger partial charge in [0.2, 0.25) is 0 Å². The Morgan fingerprint density at radius 3 is 2.26 bits per heavy atom. The first-order chi connectivity index (χ1) is 8.91. The van der Waals surface area contributed by atoms with Gasteiger partial charge in [0.15, 0.2) is 0 Å². The lowest BCUT2D eigenvalue weighted by atomic mass is 10.0. The van der Waals surface area contributed by atoms with Gasteiger partial charge in [0.05, 0.1) is 4.83 Å². The molecule has 0 saturated carbocycles. The highest BCUT2D eigenvalue weighted by Crippen LogP contribution is 2.36. The summed E-state index contributed by atoms with van der Waals surface area (Å²) in [7, 11) is 0. The summed E-state index contributed by atoms with van der Waals surface area (Å²) in [4.78, 5) is -1.02. The van der Waals surface area contributed by atoms with Gasteiger partial charge in [-0.25, -0.2) is 17.6 Å². The van der Waals surface area contributed by atoms with Crippen LogP contribution in [0.25, 0.3) is 0 Å². The van der Waals surface area contributed by atoms with Crippen molar-refractivity contribution in [2.45, 2.75) is 11.8 Å². The minimum absolute atomic E-state index is 0.0233. The van der Waals surface area contributed by atoms with E-state index >= 15 is 0 Å². The molecule has 2 rings (SSSR count). The lowest BCUT2D eigenvalue weighted by molar-refractivity contribution is 0.546. The van der Waals surface area contributed by atoms with Crippen LogP contribution in [0.1, 0.15) is 21.5 Å². The summed E-state index contributed by atoms with van der Waals surface area (Å²) in [5.41, 5.74) is -0.0568. The Morgan fingerprint density at radius 1 is 0.947 bits per heavy atom. The molecule has 0 nitrogen and oxygen atoms in total. The maximum Gasteiger partial charge on any atom is 0.133 e. The zero-order chi connectivity index (χ0) is 14.2. The number of halogens is 5. The summed E-state index contributed by atoms with van der Waals surface area (Å²) in [5.74, 6) is -3.13. The summed E-state index contributed by atoms with van der Waals surface area (Å²) in [6, 6.07) is 5.29. The van der Waals surface area contributed by atoms with E-state index in [1.54, 1.807) is 0 Å². The lowest BCUT2D eigenvalue weighted by Crippen LogP contribution is -2.04. The van der Waals surface area contributed by atoms with E-state index in [0.29, 0.717) is 6.07 Å². The molecule has 0 heterocycles. The number of benzene rings is 2. The second-order valence-corrected chi connectivity index (χ2v) is 5.04. The van der Waals surface area contributed by atoms with Crippen molar-refractivity contribution in [1.82, 2.24) is 0 Å². The third kappa shape index (κ3) is 2.66. The molecular weight excluding hydrogens is 324 g/mol. The molecule has 0 aliphatic rings. The monoisotopic (exact) mass is 332 g/mol. The van der Waals surface area contributed by atoms with Crippen LogP contribution in [-0.4, -0.2) is 0 Å². The Hall–Kier alpha value is -1.36. The Morgan fingerprint density at radius 2 is 1.63 bits per heavy atom. The number of hydrogen-bond acceptors (Lipinski definition) is 0. The smallest absolute Gasteiger partial charge is 0.133 e. The highest BCUT2D eigenvalue weighted by atomic mass is 79.9. The molecule has 0 saturated heterocycles. The second kappa shape index (κ2) is 5.33. The normalized spacial score (nSPS) is 12.5. The highest BCUT2D eigenvalue weighted by Gasteiger charge is 2.23. The minimum Gasteiger partial charge on any atom is -0.207 e. The molecule has 0 aliphatic carbocycles. The fourth-order valence-electron chi connectivity index (χ4n) is 1.77. The maximum atomic E-state index is 13.9. The molecule has 1 atom stereocenters. The molecule has 0 aromatic heterocycles. The Balaban J connectivity index is 2.56. The highest BCUT2D eigenvalue weighted by molar-refractivity contribution is 9.09. The second-order valence-electron chi connectivity index (χ2n) is 4.12. The van der Waals surface area contributed by atoms with Crippen LogP contribution < -0.4 is 0 Å². The van der Waals surface area contributed by atoms with Crippen molar-refractivity contribution in [2.75, 3.05) is 0 Å². The molecule has 0 amide bonds. The van der Waals surface area contributed by atoms with Crippen LogP contribution in [0.3, 0.4) is 0 Å². The number of rotatable bonds is 2. The summed E-state index contributed by atoms with van der Waals surface area (Å²) >= 11 is 3.06. The fraction of sp³-hybridized carbons (Fsp3) is 0.143. The fourth-order valence-corrected chi connectivity index (χ4v) is 2.56. The first-order valence-electron chi connectivity index (χ1n) is 5.45. The molecule has 100 valence electrons. The van der Waals surface area contributed by atoms with Gasteiger partial charge in [0.1, 0.15) is 23.3 Å². The first kappa shape index (κ1) is 14.1. The van der Waals surface area contributed by atoms with Gasteiger partial charge in [-0.2, -0.15) is 0 Å². The quantitative estimate of drug-likeness (QED) is 0.534. The summed E-state index contributed by atoms with van der Waals surface area (Å²) in [6.45, 7) is 1.49. The average molecular weight is 333 g/mol. The van der Waals surface area contributed by atoms with Crippen molar-refractivity contribution >= 4 is 15.9 Å². The topological polar surface area (TPSA) is 0 Å². The van der Waals surface area contributed by atoms with Gasteiger partial charge < -0.3 is 0 Å². The molecule has 0 fully saturated rings. The van der Waals surface area contributed by atoms with E-state index in [0.717, 1.165) is 18.2 Å². The molecule has 0 N–H and O–H groups in total. The maximum absolute atomic E-state index is 13.9. The molecule has 2 aromatic carbocycles. The molecule has 2 aromatic rings. The third-order valence-corrected chi connectivity index (χ3v) is 3.76. The standard InChI is InChI=1S/C14H9BrF4/c1-7-2-5-10(17)12(14(7)19)13(15)9-4-3-8(16)6-11(9)18/h2-6,13H,1H3. The van der Waals surface area contributed by atoms with Gasteiger partial charge in [-0.15, -0.1) is 0 Å². The van der Waals surface area contributed by atoms with E-state index in [2.05, 4.69) is 15.9 Å². The van der Waals surface area contributed by atoms with Gasteiger partial charge in [0, 0.05) is 17.2 Å². The molecule has 0 aliphatic heterocycles. The van der Waals surface area contributed by atoms with Gasteiger partial charge in [0.25, 0.3) is 0 Å². The van der Waals surface area contributed by atoms with Crippen molar-refractivity contribution < 1.29 is 17.6 Å². The van der Waals surface area contributed by atoms with Gasteiger partial charge >= 0.3 is 0 Å². The predicted molar refractivity (Wildman–Crippen MR) is 68.2 cm³/mol. The Labute approximate surface area is 116 Å². The molecule has 0 spiro atoms. The van der Waals surface area contributed by atoms with Crippen LogP contribution in [0.2, 0.25) is 0 Å². The van der Waals surface area contributed by atoms with Crippen molar-refractivity contribution in [1.29, 1.82) is 0 Å². The average Bonchev–Trinajstić information content (AvgIpc) is 2.34. The predicted octanol–water partition coefficient (Wildman–Crippen LogP) is 5.04. The molecular formula is C14H9BrF4. The van der Waals surface area contributed by atoms with Crippen molar-refractivity contribution in [3.63, 3.8) is 0 Å². The van der Waals surface area contributed by atoms with Gasteiger partial charge in [-0.3, -0.25) is 0 Å². The van der Waals surface area contributed by atoms with Gasteiger partial charge in [-0.1, -0.05) is 28.1 Å². The molecule has 1 unspecified atom stereocenters. The van der Waals surface area contributed by atoms with Crippen molar-refractivity contribution in [3.8, 4) is 0 Å². The van der Waals surface area contributed by atoms with E-state index < -0.39 is 28.1 Å². The van der Waals surface area contributed by atoms with E-state index in [4.69, 9.17) is 0 Å². The van der Waals surface area contributed by atoms with Crippen molar-refractivity contribution in [2.24, 2.45) is 0 Å². The largest absolute Gasteiger partial charge is 0.207 e. The Kier molecular flexibility index (Phi) is 3.94. The van der Waals surface area contributed by atoms with Crippen LogP contribution in [-0.2, 0) is 0 Å². The summed E-state index contributed by atoms with van der Waals surface area (Å²) in [6.07, 6.45) is 0. The van der Waals surface area contributed by atoms with Gasteiger partial charge in [-0.05, 0) is 24.6 Å². The van der Waals surface area contributed by atoms with Crippen LogP contribution in [0, 0.1) is 30.2 Å². The number of hydrogen-bond donors (Lipinski definition) is 0. The van der Waals surface area contributed by atoms with Crippen LogP contribution in [0.15, 0.2) is 30.3 Å². The van der Waals surface area contributed by atoms with Crippen LogP contribution in [0.4, 0.5) is 17.6 Å². The third-order valence-electron chi connectivity index (χ3n) is 2.81. The summed E-state index contributed by atoms with van der Waals surface area (Å²) in [5, 5.41) is 0. The zero-order valence-corrected chi connectivity index (χ0v) is 11.4. The van der Waals surface area contributed by atoms with Crippen LogP contribution in [0.5, 0.6) is 0 Å². The summed E-state index contributed by atoms with van der Waals surface area (Å²) < 4.78 is 54.1. The lowest BCUT2D eigenvalue weighted by Gasteiger charge is -2.15. The van der Waals surface area contributed by atoms with E-state index in [1.807, 2.05) is 0 Å². The van der Waals surface area contributed by atoms with Crippen molar-refractivity contribution in [3.05, 3.63) is 70.3 Å². The molecule has 0 radical (unpaired) electrons. The SMILES string of the molecule is Cc1ccc(F)c(C(Br)c2ccc(F)cc2F)c1F. The minimum atomic E-state index is -1.02. The number of aryl methyl sites for hydroxylation is 1.